The van der Waals surface area contributed by atoms with Crippen LogP contribution in [0.25, 0.3) is 0 Å². The van der Waals surface area contributed by atoms with Crippen molar-refractivity contribution in [2.45, 2.75) is 19.2 Å². The summed E-state index contributed by atoms with van der Waals surface area (Å²) >= 11 is 0. The van der Waals surface area contributed by atoms with Crippen LogP contribution in [0.15, 0.2) is 54.6 Å². The maximum absolute atomic E-state index is 14.2. The molecule has 0 aliphatic carbocycles. The molecule has 39 heavy (non-hydrogen) atoms. The van der Waals surface area contributed by atoms with Crippen molar-refractivity contribution in [1.82, 2.24) is 5.32 Å². The number of carbonyl (C=O) groups excluding carboxylic acids is 2. The summed E-state index contributed by atoms with van der Waals surface area (Å²) in [5.74, 6) is -3.73. The lowest BCUT2D eigenvalue weighted by atomic mass is 10.1. The van der Waals surface area contributed by atoms with Gasteiger partial charge in [0.2, 0.25) is 5.91 Å². The van der Waals surface area contributed by atoms with E-state index in [-0.39, 0.29) is 23.7 Å². The molecule has 13 heteroatoms. The van der Waals surface area contributed by atoms with Gasteiger partial charge in [0.25, 0.3) is 5.91 Å². The first kappa shape index (κ1) is 29.3. The molecule has 3 aromatic rings. The van der Waals surface area contributed by atoms with Gasteiger partial charge in [-0.1, -0.05) is 0 Å². The summed E-state index contributed by atoms with van der Waals surface area (Å²) < 4.78 is 78.6. The van der Waals surface area contributed by atoms with Gasteiger partial charge in [-0.2, -0.15) is 13.2 Å². The zero-order valence-electron chi connectivity index (χ0n) is 20.3. The maximum atomic E-state index is 14.2. The van der Waals surface area contributed by atoms with Gasteiger partial charge < -0.3 is 30.3 Å². The second kappa shape index (κ2) is 12.5. The Morgan fingerprint density at radius 1 is 0.974 bits per heavy atom. The van der Waals surface area contributed by atoms with Gasteiger partial charge in [0.1, 0.15) is 36.6 Å². The minimum absolute atomic E-state index is 0.0548. The van der Waals surface area contributed by atoms with Crippen LogP contribution in [0.3, 0.4) is 0 Å². The molecule has 0 saturated heterocycles. The van der Waals surface area contributed by atoms with Gasteiger partial charge in [-0.25, -0.2) is 8.78 Å². The predicted molar refractivity (Wildman–Crippen MR) is 129 cm³/mol. The average molecular weight is 554 g/mol. The second-order valence-corrected chi connectivity index (χ2v) is 8.25. The Morgan fingerprint density at radius 2 is 1.69 bits per heavy atom. The molecule has 0 spiro atoms. The van der Waals surface area contributed by atoms with Gasteiger partial charge in [-0.05, 0) is 61.0 Å². The summed E-state index contributed by atoms with van der Waals surface area (Å²) in [7, 11) is 0. The molecule has 2 amide bonds. The summed E-state index contributed by atoms with van der Waals surface area (Å²) in [4.78, 5) is 24.1. The van der Waals surface area contributed by atoms with E-state index in [9.17, 15) is 36.6 Å². The van der Waals surface area contributed by atoms with E-state index in [1.54, 1.807) is 0 Å². The van der Waals surface area contributed by atoms with E-state index >= 15 is 0 Å². The zero-order valence-corrected chi connectivity index (χ0v) is 20.3. The number of aryl methyl sites for hydroxylation is 1. The Hall–Kier alpha value is -4.23. The Balaban J connectivity index is 1.82. The highest BCUT2D eigenvalue weighted by Crippen LogP contribution is 2.35. The molecule has 0 unspecified atom stereocenters. The number of ether oxygens (including phenoxy) is 2. The van der Waals surface area contributed by atoms with Crippen LogP contribution in [0.1, 0.15) is 21.5 Å². The number of carbonyl (C=O) groups is 2. The third-order valence-corrected chi connectivity index (χ3v) is 5.21. The third kappa shape index (κ3) is 8.12. The SMILES string of the molecule is Cc1cc(F)ccc1Oc1ccc(C(F)(F)F)cc1C(=O)Nc1ccc(F)c(OC[C@H](O)CNC(=O)CO)c1. The first-order valence-electron chi connectivity index (χ1n) is 11.3. The summed E-state index contributed by atoms with van der Waals surface area (Å²) in [5, 5.41) is 23.1. The lowest BCUT2D eigenvalue weighted by Gasteiger charge is -2.16. The summed E-state index contributed by atoms with van der Waals surface area (Å²) in [5.41, 5.74) is -1.35. The molecule has 0 aliphatic rings. The molecule has 208 valence electrons. The van der Waals surface area contributed by atoms with Crippen molar-refractivity contribution in [3.8, 4) is 17.2 Å². The van der Waals surface area contributed by atoms with E-state index in [0.717, 1.165) is 42.5 Å². The molecule has 0 heterocycles. The van der Waals surface area contributed by atoms with Gasteiger partial charge >= 0.3 is 6.18 Å². The number of nitrogens with one attached hydrogen (secondary N) is 2. The first-order valence-corrected chi connectivity index (χ1v) is 11.3. The Labute approximate surface area is 219 Å². The van der Waals surface area contributed by atoms with E-state index < -0.39 is 65.8 Å². The molecular formula is C26H23F5N2O6. The lowest BCUT2D eigenvalue weighted by Crippen LogP contribution is -2.36. The van der Waals surface area contributed by atoms with Crippen molar-refractivity contribution in [2.24, 2.45) is 0 Å². The average Bonchev–Trinajstić information content (AvgIpc) is 2.88. The fourth-order valence-electron chi connectivity index (χ4n) is 3.24. The molecular weight excluding hydrogens is 531 g/mol. The molecule has 3 rings (SSSR count). The number of amides is 2. The fourth-order valence-corrected chi connectivity index (χ4v) is 3.24. The van der Waals surface area contributed by atoms with Crippen LogP contribution in [-0.2, 0) is 11.0 Å². The lowest BCUT2D eigenvalue weighted by molar-refractivity contribution is -0.137. The minimum atomic E-state index is -4.77. The normalized spacial score (nSPS) is 12.0. The summed E-state index contributed by atoms with van der Waals surface area (Å²) in [6.45, 7) is -0.0299. The van der Waals surface area contributed by atoms with Gasteiger partial charge in [-0.3, -0.25) is 9.59 Å². The number of anilines is 1. The molecule has 0 bridgehead atoms. The Bertz CT molecular complexity index is 1350. The zero-order chi connectivity index (χ0) is 28.7. The highest BCUT2D eigenvalue weighted by atomic mass is 19.4. The Kier molecular flexibility index (Phi) is 9.43. The van der Waals surface area contributed by atoms with Crippen LogP contribution in [0.2, 0.25) is 0 Å². The van der Waals surface area contributed by atoms with E-state index in [1.807, 2.05) is 0 Å². The predicted octanol–water partition coefficient (Wildman–Crippen LogP) is 4.18. The smallest absolute Gasteiger partial charge is 0.416 e. The van der Waals surface area contributed by atoms with E-state index in [0.29, 0.717) is 11.6 Å². The summed E-state index contributed by atoms with van der Waals surface area (Å²) in [6.07, 6.45) is -6.04. The van der Waals surface area contributed by atoms with Crippen molar-refractivity contribution in [1.29, 1.82) is 0 Å². The number of hydrogen-bond donors (Lipinski definition) is 4. The standard InChI is InChI=1S/C26H23F5N2O6/c1-14-8-16(27)3-7-21(14)39-22-6-2-15(26(29,30)31)9-19(22)25(37)33-17-4-5-20(28)23(10-17)38-13-18(35)11-32-24(36)12-34/h2-10,18,34-35H,11-13H2,1H3,(H,32,36)(H,33,37)/t18-/m1/s1. The van der Waals surface area contributed by atoms with E-state index in [1.165, 1.54) is 13.0 Å². The topological polar surface area (TPSA) is 117 Å². The highest BCUT2D eigenvalue weighted by Gasteiger charge is 2.32. The van der Waals surface area contributed by atoms with Gasteiger partial charge in [0, 0.05) is 18.3 Å². The van der Waals surface area contributed by atoms with Gasteiger partial charge in [0.05, 0.1) is 11.1 Å². The van der Waals surface area contributed by atoms with Crippen LogP contribution in [0.4, 0.5) is 27.6 Å². The van der Waals surface area contributed by atoms with Crippen molar-refractivity contribution in [3.05, 3.63) is 82.9 Å². The second-order valence-electron chi connectivity index (χ2n) is 8.25. The molecule has 1 atom stereocenters. The maximum Gasteiger partial charge on any atom is 0.416 e. The van der Waals surface area contributed by atoms with Crippen molar-refractivity contribution in [2.75, 3.05) is 25.1 Å². The molecule has 0 radical (unpaired) electrons. The number of hydrogen-bond acceptors (Lipinski definition) is 6. The molecule has 3 aromatic carbocycles. The van der Waals surface area contributed by atoms with Crippen LogP contribution in [0, 0.1) is 18.6 Å². The van der Waals surface area contributed by atoms with Crippen molar-refractivity contribution >= 4 is 17.5 Å². The Morgan fingerprint density at radius 3 is 2.36 bits per heavy atom. The number of alkyl halides is 3. The highest BCUT2D eigenvalue weighted by molar-refractivity contribution is 6.06. The largest absolute Gasteiger partial charge is 0.488 e. The number of aliphatic hydroxyl groups excluding tert-OH is 2. The monoisotopic (exact) mass is 554 g/mol. The minimum Gasteiger partial charge on any atom is -0.488 e. The number of rotatable bonds is 10. The fraction of sp³-hybridized carbons (Fsp3) is 0.231. The molecule has 8 nitrogen and oxygen atoms in total. The molecule has 4 N–H and O–H groups in total. The first-order chi connectivity index (χ1) is 18.4. The molecule has 0 aliphatic heterocycles. The molecule has 0 fully saturated rings. The van der Waals surface area contributed by atoms with Crippen molar-refractivity contribution in [3.63, 3.8) is 0 Å². The van der Waals surface area contributed by atoms with Crippen LogP contribution in [0.5, 0.6) is 17.2 Å². The molecule has 0 aromatic heterocycles. The van der Waals surface area contributed by atoms with Crippen LogP contribution in [-0.4, -0.2) is 47.9 Å². The summed E-state index contributed by atoms with van der Waals surface area (Å²) in [6, 6.07) is 8.87. The van der Waals surface area contributed by atoms with Gasteiger partial charge in [0.15, 0.2) is 11.6 Å². The quantitative estimate of drug-likeness (QED) is 0.280. The van der Waals surface area contributed by atoms with E-state index in [4.69, 9.17) is 14.6 Å². The third-order valence-electron chi connectivity index (χ3n) is 5.21. The van der Waals surface area contributed by atoms with E-state index in [2.05, 4.69) is 10.6 Å². The van der Waals surface area contributed by atoms with Crippen LogP contribution < -0.4 is 20.1 Å². The van der Waals surface area contributed by atoms with Crippen molar-refractivity contribution < 1.29 is 51.2 Å². The molecule has 0 saturated carbocycles. The number of aliphatic hydroxyl groups is 2. The number of benzene rings is 3. The number of halogens is 5. The van der Waals surface area contributed by atoms with Gasteiger partial charge in [-0.15, -0.1) is 0 Å². The van der Waals surface area contributed by atoms with Crippen LogP contribution >= 0.6 is 0 Å².